The highest BCUT2D eigenvalue weighted by Crippen LogP contribution is 2.20. The van der Waals surface area contributed by atoms with Crippen molar-refractivity contribution >= 4 is 11.8 Å². The lowest BCUT2D eigenvalue weighted by molar-refractivity contribution is 0.0375. The Balaban J connectivity index is 1.35. The van der Waals surface area contributed by atoms with Crippen LogP contribution in [0.2, 0.25) is 0 Å². The second-order valence-corrected chi connectivity index (χ2v) is 7.45. The third-order valence-electron chi connectivity index (χ3n) is 4.47. The van der Waals surface area contributed by atoms with Gasteiger partial charge in [0.05, 0.1) is 13.2 Å². The summed E-state index contributed by atoms with van der Waals surface area (Å²) < 4.78 is 5.39. The molecule has 1 heterocycles. The lowest BCUT2D eigenvalue weighted by Crippen LogP contribution is -2.36. The SMILES string of the molecule is c1ccc(CCSc2ccc(CCCN3CCOCC3)cc2)cc1. The first-order valence-corrected chi connectivity index (χ1v) is 9.94. The van der Waals surface area contributed by atoms with Crippen LogP contribution in [0.1, 0.15) is 17.5 Å². The summed E-state index contributed by atoms with van der Waals surface area (Å²) in [6.07, 6.45) is 3.54. The van der Waals surface area contributed by atoms with E-state index < -0.39 is 0 Å². The molecular formula is C21H27NOS. The van der Waals surface area contributed by atoms with E-state index in [2.05, 4.69) is 59.5 Å². The molecule has 0 aliphatic carbocycles. The maximum absolute atomic E-state index is 5.39. The Labute approximate surface area is 150 Å². The second-order valence-electron chi connectivity index (χ2n) is 6.29. The van der Waals surface area contributed by atoms with E-state index in [0.29, 0.717) is 0 Å². The van der Waals surface area contributed by atoms with E-state index in [9.17, 15) is 0 Å². The molecule has 0 amide bonds. The number of hydrogen-bond donors (Lipinski definition) is 0. The zero-order valence-electron chi connectivity index (χ0n) is 14.3. The molecule has 24 heavy (non-hydrogen) atoms. The molecule has 0 unspecified atom stereocenters. The first-order chi connectivity index (χ1) is 11.9. The molecule has 3 rings (SSSR count). The van der Waals surface area contributed by atoms with Crippen molar-refractivity contribution in [1.29, 1.82) is 0 Å². The van der Waals surface area contributed by atoms with Gasteiger partial charge in [-0.2, -0.15) is 0 Å². The van der Waals surface area contributed by atoms with Crippen LogP contribution in [0.3, 0.4) is 0 Å². The molecule has 128 valence electrons. The van der Waals surface area contributed by atoms with Crippen molar-refractivity contribution in [2.75, 3.05) is 38.6 Å². The summed E-state index contributed by atoms with van der Waals surface area (Å²) in [7, 11) is 0. The van der Waals surface area contributed by atoms with Gasteiger partial charge in [-0.05, 0) is 49.1 Å². The molecule has 2 aromatic carbocycles. The molecule has 3 heteroatoms. The first-order valence-electron chi connectivity index (χ1n) is 8.96. The van der Waals surface area contributed by atoms with Gasteiger partial charge in [-0.1, -0.05) is 42.5 Å². The van der Waals surface area contributed by atoms with Crippen LogP contribution in [0.5, 0.6) is 0 Å². The van der Waals surface area contributed by atoms with E-state index in [1.165, 1.54) is 35.4 Å². The molecular weight excluding hydrogens is 314 g/mol. The Kier molecular flexibility index (Phi) is 7.21. The number of nitrogens with zero attached hydrogens (tertiary/aromatic N) is 1. The maximum Gasteiger partial charge on any atom is 0.0594 e. The van der Waals surface area contributed by atoms with Crippen LogP contribution in [0.15, 0.2) is 59.5 Å². The Bertz CT molecular complexity index is 579. The summed E-state index contributed by atoms with van der Waals surface area (Å²) in [5, 5.41) is 0. The monoisotopic (exact) mass is 341 g/mol. The van der Waals surface area contributed by atoms with Crippen LogP contribution in [-0.4, -0.2) is 43.5 Å². The van der Waals surface area contributed by atoms with E-state index in [0.717, 1.165) is 38.5 Å². The molecule has 2 nitrogen and oxygen atoms in total. The minimum Gasteiger partial charge on any atom is -0.379 e. The van der Waals surface area contributed by atoms with Gasteiger partial charge < -0.3 is 4.74 Å². The number of rotatable bonds is 8. The van der Waals surface area contributed by atoms with Crippen LogP contribution >= 0.6 is 11.8 Å². The number of aryl methyl sites for hydroxylation is 2. The first kappa shape index (κ1) is 17.5. The van der Waals surface area contributed by atoms with E-state index in [-0.39, 0.29) is 0 Å². The van der Waals surface area contributed by atoms with E-state index >= 15 is 0 Å². The fourth-order valence-electron chi connectivity index (χ4n) is 3.02. The van der Waals surface area contributed by atoms with Gasteiger partial charge in [-0.15, -0.1) is 11.8 Å². The van der Waals surface area contributed by atoms with Gasteiger partial charge in [0.25, 0.3) is 0 Å². The lowest BCUT2D eigenvalue weighted by Gasteiger charge is -2.26. The maximum atomic E-state index is 5.39. The minimum absolute atomic E-state index is 0.898. The predicted molar refractivity (Wildman–Crippen MR) is 103 cm³/mol. The van der Waals surface area contributed by atoms with Crippen molar-refractivity contribution < 1.29 is 4.74 Å². The molecule has 0 radical (unpaired) electrons. The Morgan fingerprint density at radius 3 is 2.29 bits per heavy atom. The van der Waals surface area contributed by atoms with Gasteiger partial charge in [-0.3, -0.25) is 4.90 Å². The van der Waals surface area contributed by atoms with Gasteiger partial charge in [0.1, 0.15) is 0 Å². The van der Waals surface area contributed by atoms with Gasteiger partial charge in [-0.25, -0.2) is 0 Å². The Morgan fingerprint density at radius 2 is 1.54 bits per heavy atom. The molecule has 0 spiro atoms. The number of morpholine rings is 1. The molecule has 1 aliphatic rings. The summed E-state index contributed by atoms with van der Waals surface area (Å²) in [5.74, 6) is 1.14. The average Bonchev–Trinajstić information content (AvgIpc) is 2.65. The van der Waals surface area contributed by atoms with Crippen molar-refractivity contribution in [3.8, 4) is 0 Å². The highest BCUT2D eigenvalue weighted by atomic mass is 32.2. The molecule has 1 aliphatic heterocycles. The zero-order chi connectivity index (χ0) is 16.5. The van der Waals surface area contributed by atoms with E-state index in [4.69, 9.17) is 4.74 Å². The smallest absolute Gasteiger partial charge is 0.0594 e. The molecule has 0 atom stereocenters. The van der Waals surface area contributed by atoms with E-state index in [1.807, 2.05) is 11.8 Å². The Morgan fingerprint density at radius 1 is 0.833 bits per heavy atom. The zero-order valence-corrected chi connectivity index (χ0v) is 15.1. The fourth-order valence-corrected chi connectivity index (χ4v) is 3.92. The largest absolute Gasteiger partial charge is 0.379 e. The van der Waals surface area contributed by atoms with Crippen molar-refractivity contribution in [3.63, 3.8) is 0 Å². The molecule has 0 N–H and O–H groups in total. The number of thioether (sulfide) groups is 1. The van der Waals surface area contributed by atoms with Crippen LogP contribution in [-0.2, 0) is 17.6 Å². The third-order valence-corrected chi connectivity index (χ3v) is 5.48. The topological polar surface area (TPSA) is 12.5 Å². The van der Waals surface area contributed by atoms with Crippen LogP contribution in [0.25, 0.3) is 0 Å². The van der Waals surface area contributed by atoms with Crippen molar-refractivity contribution in [2.24, 2.45) is 0 Å². The van der Waals surface area contributed by atoms with E-state index in [1.54, 1.807) is 0 Å². The summed E-state index contributed by atoms with van der Waals surface area (Å²) in [4.78, 5) is 3.89. The van der Waals surface area contributed by atoms with Crippen LogP contribution < -0.4 is 0 Å². The minimum atomic E-state index is 0.898. The number of hydrogen-bond acceptors (Lipinski definition) is 3. The summed E-state index contributed by atoms with van der Waals surface area (Å²) in [6.45, 7) is 5.18. The highest BCUT2D eigenvalue weighted by molar-refractivity contribution is 7.99. The van der Waals surface area contributed by atoms with Crippen molar-refractivity contribution in [3.05, 3.63) is 65.7 Å². The Hall–Kier alpha value is -1.29. The van der Waals surface area contributed by atoms with Gasteiger partial charge in [0, 0.05) is 23.7 Å². The molecule has 2 aromatic rings. The average molecular weight is 342 g/mol. The summed E-state index contributed by atoms with van der Waals surface area (Å²) in [6, 6.07) is 19.9. The fraction of sp³-hybridized carbons (Fsp3) is 0.429. The summed E-state index contributed by atoms with van der Waals surface area (Å²) in [5.41, 5.74) is 2.88. The molecule has 1 saturated heterocycles. The van der Waals surface area contributed by atoms with Crippen molar-refractivity contribution in [1.82, 2.24) is 4.90 Å². The van der Waals surface area contributed by atoms with Gasteiger partial charge in [0.15, 0.2) is 0 Å². The van der Waals surface area contributed by atoms with Crippen molar-refractivity contribution in [2.45, 2.75) is 24.2 Å². The van der Waals surface area contributed by atoms with Crippen LogP contribution in [0, 0.1) is 0 Å². The lowest BCUT2D eigenvalue weighted by atomic mass is 10.1. The number of benzene rings is 2. The normalized spacial score (nSPS) is 15.5. The van der Waals surface area contributed by atoms with Gasteiger partial charge in [0.2, 0.25) is 0 Å². The predicted octanol–water partition coefficient (Wildman–Crippen LogP) is 4.29. The quantitative estimate of drug-likeness (QED) is 0.665. The van der Waals surface area contributed by atoms with Gasteiger partial charge >= 0.3 is 0 Å². The standard InChI is InChI=1S/C21H27NOS/c1-2-5-19(6-3-1)12-18-24-21-10-8-20(9-11-21)7-4-13-22-14-16-23-17-15-22/h1-3,5-6,8-11H,4,7,12-18H2. The number of ether oxygens (including phenoxy) is 1. The third kappa shape index (κ3) is 5.97. The molecule has 0 saturated carbocycles. The van der Waals surface area contributed by atoms with Crippen LogP contribution in [0.4, 0.5) is 0 Å². The molecule has 0 aromatic heterocycles. The summed E-state index contributed by atoms with van der Waals surface area (Å²) >= 11 is 1.95. The second kappa shape index (κ2) is 9.87. The highest BCUT2D eigenvalue weighted by Gasteiger charge is 2.09. The molecule has 1 fully saturated rings. The molecule has 0 bridgehead atoms.